The van der Waals surface area contributed by atoms with E-state index in [1.165, 1.54) is 15.6 Å². The Bertz CT molecular complexity index is 657. The smallest absolute Gasteiger partial charge is 0.247 e. The van der Waals surface area contributed by atoms with E-state index in [1.54, 1.807) is 23.1 Å². The molecule has 0 unspecified atom stereocenters. The standard InChI is InChI=1S/C11H14N4O2S2/c1-2-10-3-4-11(18-10)19(16,17)14-7-9(8-14)15-6-5-12-13-15/h3-6,9H,2,7-8H2,1H3. The van der Waals surface area contributed by atoms with E-state index >= 15 is 0 Å². The van der Waals surface area contributed by atoms with Gasteiger partial charge in [0.2, 0.25) is 0 Å². The quantitative estimate of drug-likeness (QED) is 0.849. The van der Waals surface area contributed by atoms with Gasteiger partial charge in [0.05, 0.1) is 12.2 Å². The van der Waals surface area contributed by atoms with Crippen molar-refractivity contribution in [3.8, 4) is 0 Å². The molecule has 0 radical (unpaired) electrons. The highest BCUT2D eigenvalue weighted by molar-refractivity contribution is 7.91. The van der Waals surface area contributed by atoms with E-state index in [0.717, 1.165) is 11.3 Å². The van der Waals surface area contributed by atoms with Gasteiger partial charge in [0.1, 0.15) is 4.21 Å². The van der Waals surface area contributed by atoms with Gasteiger partial charge in [0.25, 0.3) is 10.0 Å². The Labute approximate surface area is 115 Å². The van der Waals surface area contributed by atoms with Crippen LogP contribution >= 0.6 is 11.3 Å². The van der Waals surface area contributed by atoms with Crippen LogP contribution in [0.5, 0.6) is 0 Å². The molecule has 19 heavy (non-hydrogen) atoms. The average Bonchev–Trinajstić information content (AvgIpc) is 2.97. The molecule has 1 aliphatic rings. The highest BCUT2D eigenvalue weighted by Crippen LogP contribution is 2.31. The molecule has 0 aliphatic carbocycles. The third-order valence-electron chi connectivity index (χ3n) is 3.22. The number of hydrogen-bond acceptors (Lipinski definition) is 5. The van der Waals surface area contributed by atoms with Crippen molar-refractivity contribution >= 4 is 21.4 Å². The lowest BCUT2D eigenvalue weighted by atomic mass is 10.2. The predicted molar refractivity (Wildman–Crippen MR) is 71.5 cm³/mol. The molecule has 0 N–H and O–H groups in total. The van der Waals surface area contributed by atoms with Gasteiger partial charge in [-0.1, -0.05) is 12.1 Å². The number of hydrogen-bond donors (Lipinski definition) is 0. The zero-order valence-electron chi connectivity index (χ0n) is 10.4. The third-order valence-corrected chi connectivity index (χ3v) is 6.75. The number of rotatable bonds is 4. The van der Waals surface area contributed by atoms with E-state index in [2.05, 4.69) is 10.3 Å². The number of sulfonamides is 1. The fraction of sp³-hybridized carbons (Fsp3) is 0.455. The zero-order chi connectivity index (χ0) is 13.5. The van der Waals surface area contributed by atoms with Crippen LogP contribution in [0, 0.1) is 0 Å². The molecule has 1 saturated heterocycles. The molecule has 2 aromatic heterocycles. The molecular weight excluding hydrogens is 284 g/mol. The van der Waals surface area contributed by atoms with Crippen LogP contribution in [0.2, 0.25) is 0 Å². The summed E-state index contributed by atoms with van der Waals surface area (Å²) in [6.07, 6.45) is 4.22. The molecule has 102 valence electrons. The van der Waals surface area contributed by atoms with Crippen LogP contribution in [-0.2, 0) is 16.4 Å². The summed E-state index contributed by atoms with van der Waals surface area (Å²) in [4.78, 5) is 1.09. The van der Waals surface area contributed by atoms with Crippen LogP contribution in [0.4, 0.5) is 0 Å². The minimum Gasteiger partial charge on any atom is -0.247 e. The average molecular weight is 298 g/mol. The summed E-state index contributed by atoms with van der Waals surface area (Å²) in [5.74, 6) is 0. The molecule has 0 bridgehead atoms. The molecule has 3 heterocycles. The third kappa shape index (κ3) is 2.19. The minimum atomic E-state index is -3.33. The van der Waals surface area contributed by atoms with Crippen LogP contribution in [0.25, 0.3) is 0 Å². The number of thiophene rings is 1. The van der Waals surface area contributed by atoms with E-state index in [1.807, 2.05) is 13.0 Å². The lowest BCUT2D eigenvalue weighted by Crippen LogP contribution is -2.50. The Hall–Kier alpha value is -1.25. The second kappa shape index (κ2) is 4.69. The molecule has 0 aromatic carbocycles. The van der Waals surface area contributed by atoms with Gasteiger partial charge in [-0.05, 0) is 18.6 Å². The first-order chi connectivity index (χ1) is 9.11. The highest BCUT2D eigenvalue weighted by Gasteiger charge is 2.38. The van der Waals surface area contributed by atoms with Crippen molar-refractivity contribution in [2.75, 3.05) is 13.1 Å². The Morgan fingerprint density at radius 2 is 2.21 bits per heavy atom. The largest absolute Gasteiger partial charge is 0.252 e. The van der Waals surface area contributed by atoms with Crippen molar-refractivity contribution in [2.45, 2.75) is 23.6 Å². The van der Waals surface area contributed by atoms with Crippen molar-refractivity contribution in [3.05, 3.63) is 29.4 Å². The van der Waals surface area contributed by atoms with Gasteiger partial charge in [-0.15, -0.1) is 16.4 Å². The second-order valence-electron chi connectivity index (χ2n) is 4.43. The normalized spacial score (nSPS) is 17.5. The SMILES string of the molecule is CCc1ccc(S(=O)(=O)N2CC(n3ccnn3)C2)s1. The Balaban J connectivity index is 1.73. The lowest BCUT2D eigenvalue weighted by Gasteiger charge is -2.37. The van der Waals surface area contributed by atoms with Crippen molar-refractivity contribution in [3.63, 3.8) is 0 Å². The molecule has 0 saturated carbocycles. The van der Waals surface area contributed by atoms with Gasteiger partial charge in [-0.2, -0.15) is 4.31 Å². The fourth-order valence-corrected chi connectivity index (χ4v) is 4.97. The van der Waals surface area contributed by atoms with Crippen LogP contribution < -0.4 is 0 Å². The van der Waals surface area contributed by atoms with Crippen molar-refractivity contribution in [2.24, 2.45) is 0 Å². The van der Waals surface area contributed by atoms with Crippen molar-refractivity contribution < 1.29 is 8.42 Å². The first kappa shape index (κ1) is 12.8. The summed E-state index contributed by atoms with van der Waals surface area (Å²) < 4.78 is 28.3. The molecule has 8 heteroatoms. The maximum absolute atomic E-state index is 12.3. The zero-order valence-corrected chi connectivity index (χ0v) is 12.1. The van der Waals surface area contributed by atoms with Gasteiger partial charge in [0.15, 0.2) is 0 Å². The predicted octanol–water partition coefficient (Wildman–Crippen LogP) is 1.15. The highest BCUT2D eigenvalue weighted by atomic mass is 32.2. The maximum atomic E-state index is 12.3. The summed E-state index contributed by atoms with van der Waals surface area (Å²) in [7, 11) is -3.33. The van der Waals surface area contributed by atoms with Gasteiger partial charge in [-0.3, -0.25) is 0 Å². The first-order valence-electron chi connectivity index (χ1n) is 6.06. The fourth-order valence-electron chi connectivity index (χ4n) is 2.01. The number of aryl methyl sites for hydroxylation is 1. The molecule has 0 amide bonds. The van der Waals surface area contributed by atoms with Crippen LogP contribution in [0.15, 0.2) is 28.7 Å². The monoisotopic (exact) mass is 298 g/mol. The van der Waals surface area contributed by atoms with E-state index in [-0.39, 0.29) is 6.04 Å². The Morgan fingerprint density at radius 3 is 2.79 bits per heavy atom. The van der Waals surface area contributed by atoms with Gasteiger partial charge >= 0.3 is 0 Å². The molecule has 3 rings (SSSR count). The van der Waals surface area contributed by atoms with Gasteiger partial charge in [-0.25, -0.2) is 13.1 Å². The first-order valence-corrected chi connectivity index (χ1v) is 8.31. The Morgan fingerprint density at radius 1 is 1.42 bits per heavy atom. The maximum Gasteiger partial charge on any atom is 0.252 e. The van der Waals surface area contributed by atoms with E-state index in [0.29, 0.717) is 17.3 Å². The summed E-state index contributed by atoms with van der Waals surface area (Å²) in [5.41, 5.74) is 0. The van der Waals surface area contributed by atoms with Crippen LogP contribution in [-0.4, -0.2) is 40.8 Å². The van der Waals surface area contributed by atoms with Crippen molar-refractivity contribution in [1.82, 2.24) is 19.3 Å². The number of nitrogens with zero attached hydrogens (tertiary/aromatic N) is 4. The molecule has 2 aromatic rings. The molecular formula is C11H14N4O2S2. The van der Waals surface area contributed by atoms with E-state index in [9.17, 15) is 8.42 Å². The molecule has 1 fully saturated rings. The summed E-state index contributed by atoms with van der Waals surface area (Å²) in [6.45, 7) is 2.95. The molecule has 0 atom stereocenters. The second-order valence-corrected chi connectivity index (χ2v) is 7.77. The minimum absolute atomic E-state index is 0.0999. The summed E-state index contributed by atoms with van der Waals surface area (Å²) >= 11 is 1.35. The lowest BCUT2D eigenvalue weighted by molar-refractivity contribution is 0.189. The van der Waals surface area contributed by atoms with E-state index in [4.69, 9.17) is 0 Å². The molecule has 6 nitrogen and oxygen atoms in total. The summed E-state index contributed by atoms with van der Waals surface area (Å²) in [5, 5.41) is 7.62. The van der Waals surface area contributed by atoms with E-state index < -0.39 is 10.0 Å². The number of aromatic nitrogens is 3. The Kier molecular flexibility index (Phi) is 3.15. The molecule has 0 spiro atoms. The topological polar surface area (TPSA) is 68.1 Å². The van der Waals surface area contributed by atoms with Gasteiger partial charge < -0.3 is 0 Å². The molecule has 1 aliphatic heterocycles. The van der Waals surface area contributed by atoms with Crippen molar-refractivity contribution in [1.29, 1.82) is 0 Å². The van der Waals surface area contributed by atoms with Crippen LogP contribution in [0.1, 0.15) is 17.8 Å². The van der Waals surface area contributed by atoms with Gasteiger partial charge in [0, 0.05) is 24.2 Å². The summed E-state index contributed by atoms with van der Waals surface area (Å²) in [6, 6.07) is 3.68. The van der Waals surface area contributed by atoms with Crippen LogP contribution in [0.3, 0.4) is 0 Å².